The van der Waals surface area contributed by atoms with Gasteiger partial charge in [0.15, 0.2) is 11.5 Å². The van der Waals surface area contributed by atoms with Crippen LogP contribution in [0.25, 0.3) is 0 Å². The molecule has 1 aromatic rings. The fourth-order valence-electron chi connectivity index (χ4n) is 1.56. The van der Waals surface area contributed by atoms with Crippen molar-refractivity contribution in [2.75, 3.05) is 19.8 Å². The van der Waals surface area contributed by atoms with Crippen LogP contribution in [0.5, 0.6) is 11.5 Å². The first-order valence-electron chi connectivity index (χ1n) is 5.14. The van der Waals surface area contributed by atoms with E-state index in [1.807, 2.05) is 32.0 Å². The van der Waals surface area contributed by atoms with Gasteiger partial charge in [0.05, 0.1) is 6.61 Å². The molecule has 1 aliphatic rings. The van der Waals surface area contributed by atoms with Gasteiger partial charge in [-0.05, 0) is 17.7 Å². The SMILES string of the molecule is CC(C)(CO)c1ccc2c(c1)OCCO2. The summed E-state index contributed by atoms with van der Waals surface area (Å²) in [6.45, 7) is 5.31. The van der Waals surface area contributed by atoms with E-state index in [0.29, 0.717) is 13.2 Å². The van der Waals surface area contributed by atoms with Crippen molar-refractivity contribution in [3.8, 4) is 11.5 Å². The molecule has 15 heavy (non-hydrogen) atoms. The summed E-state index contributed by atoms with van der Waals surface area (Å²) in [4.78, 5) is 0. The number of benzene rings is 1. The lowest BCUT2D eigenvalue weighted by Gasteiger charge is -2.25. The highest BCUT2D eigenvalue weighted by atomic mass is 16.6. The normalized spacial score (nSPS) is 15.1. The molecule has 1 aliphatic heterocycles. The molecule has 0 saturated carbocycles. The summed E-state index contributed by atoms with van der Waals surface area (Å²) in [6.07, 6.45) is 0. The molecule has 0 fully saturated rings. The molecule has 1 heterocycles. The molecule has 82 valence electrons. The van der Waals surface area contributed by atoms with E-state index in [2.05, 4.69) is 0 Å². The van der Waals surface area contributed by atoms with Crippen LogP contribution < -0.4 is 9.47 Å². The van der Waals surface area contributed by atoms with Crippen LogP contribution in [-0.2, 0) is 5.41 Å². The summed E-state index contributed by atoms with van der Waals surface area (Å²) in [5.74, 6) is 1.57. The number of ether oxygens (including phenoxy) is 2. The van der Waals surface area contributed by atoms with Gasteiger partial charge >= 0.3 is 0 Å². The van der Waals surface area contributed by atoms with Gasteiger partial charge in [-0.3, -0.25) is 0 Å². The quantitative estimate of drug-likeness (QED) is 0.804. The van der Waals surface area contributed by atoms with Crippen LogP contribution >= 0.6 is 0 Å². The Morgan fingerprint density at radius 1 is 1.20 bits per heavy atom. The Labute approximate surface area is 89.6 Å². The number of hydrogen-bond donors (Lipinski definition) is 1. The molecule has 0 aromatic heterocycles. The van der Waals surface area contributed by atoms with Crippen LogP contribution in [-0.4, -0.2) is 24.9 Å². The summed E-state index contributed by atoms with van der Waals surface area (Å²) in [5.41, 5.74) is 0.824. The van der Waals surface area contributed by atoms with Crippen LogP contribution in [0.4, 0.5) is 0 Å². The highest BCUT2D eigenvalue weighted by Gasteiger charge is 2.22. The van der Waals surface area contributed by atoms with E-state index in [1.165, 1.54) is 0 Å². The summed E-state index contributed by atoms with van der Waals surface area (Å²) in [6, 6.07) is 5.83. The minimum atomic E-state index is -0.240. The summed E-state index contributed by atoms with van der Waals surface area (Å²) in [7, 11) is 0. The number of rotatable bonds is 2. The van der Waals surface area contributed by atoms with E-state index in [9.17, 15) is 5.11 Å². The average molecular weight is 208 g/mol. The van der Waals surface area contributed by atoms with Crippen LogP contribution in [0, 0.1) is 0 Å². The maximum Gasteiger partial charge on any atom is 0.161 e. The third-order valence-corrected chi connectivity index (χ3v) is 2.72. The average Bonchev–Trinajstić information content (AvgIpc) is 2.28. The van der Waals surface area contributed by atoms with Gasteiger partial charge in [-0.1, -0.05) is 19.9 Å². The molecule has 1 N–H and O–H groups in total. The van der Waals surface area contributed by atoms with E-state index in [1.54, 1.807) is 0 Å². The van der Waals surface area contributed by atoms with Crippen LogP contribution in [0.3, 0.4) is 0 Å². The lowest BCUT2D eigenvalue weighted by Crippen LogP contribution is -2.23. The standard InChI is InChI=1S/C12H16O3/c1-12(2,8-13)9-3-4-10-11(7-9)15-6-5-14-10/h3-4,7,13H,5-6,8H2,1-2H3. The van der Waals surface area contributed by atoms with E-state index < -0.39 is 0 Å². The Balaban J connectivity index is 2.36. The van der Waals surface area contributed by atoms with Crippen molar-refractivity contribution in [2.45, 2.75) is 19.3 Å². The van der Waals surface area contributed by atoms with Crippen molar-refractivity contribution < 1.29 is 14.6 Å². The van der Waals surface area contributed by atoms with Crippen LogP contribution in [0.2, 0.25) is 0 Å². The van der Waals surface area contributed by atoms with Gasteiger partial charge in [-0.15, -0.1) is 0 Å². The second kappa shape index (κ2) is 3.74. The van der Waals surface area contributed by atoms with E-state index in [-0.39, 0.29) is 12.0 Å². The minimum absolute atomic E-state index is 0.118. The molecular formula is C12H16O3. The molecule has 0 atom stereocenters. The molecule has 3 nitrogen and oxygen atoms in total. The molecule has 3 heteroatoms. The zero-order chi connectivity index (χ0) is 10.9. The third-order valence-electron chi connectivity index (χ3n) is 2.72. The predicted molar refractivity (Wildman–Crippen MR) is 57.5 cm³/mol. The Bertz CT molecular complexity index is 358. The lowest BCUT2D eigenvalue weighted by atomic mass is 9.85. The minimum Gasteiger partial charge on any atom is -0.486 e. The molecule has 1 aromatic carbocycles. The van der Waals surface area contributed by atoms with E-state index in [4.69, 9.17) is 9.47 Å². The molecular weight excluding hydrogens is 192 g/mol. The second-order valence-corrected chi connectivity index (χ2v) is 4.40. The van der Waals surface area contributed by atoms with Gasteiger partial charge in [0.25, 0.3) is 0 Å². The van der Waals surface area contributed by atoms with Gasteiger partial charge in [0.1, 0.15) is 13.2 Å². The van der Waals surface area contributed by atoms with Crippen LogP contribution in [0.15, 0.2) is 18.2 Å². The second-order valence-electron chi connectivity index (χ2n) is 4.40. The van der Waals surface area contributed by atoms with Crippen molar-refractivity contribution in [3.05, 3.63) is 23.8 Å². The number of fused-ring (bicyclic) bond motifs is 1. The van der Waals surface area contributed by atoms with Gasteiger partial charge < -0.3 is 14.6 Å². The molecule has 0 bridgehead atoms. The monoisotopic (exact) mass is 208 g/mol. The van der Waals surface area contributed by atoms with Crippen molar-refractivity contribution in [1.82, 2.24) is 0 Å². The Morgan fingerprint density at radius 3 is 2.53 bits per heavy atom. The maximum atomic E-state index is 9.28. The maximum absolute atomic E-state index is 9.28. The van der Waals surface area contributed by atoms with E-state index >= 15 is 0 Å². The topological polar surface area (TPSA) is 38.7 Å². The Morgan fingerprint density at radius 2 is 1.87 bits per heavy atom. The fourth-order valence-corrected chi connectivity index (χ4v) is 1.56. The molecule has 0 spiro atoms. The molecule has 0 radical (unpaired) electrons. The summed E-state index contributed by atoms with van der Waals surface area (Å²) in [5, 5.41) is 9.28. The zero-order valence-corrected chi connectivity index (χ0v) is 9.12. The van der Waals surface area contributed by atoms with Crippen molar-refractivity contribution in [3.63, 3.8) is 0 Å². The van der Waals surface area contributed by atoms with Gasteiger partial charge in [-0.2, -0.15) is 0 Å². The van der Waals surface area contributed by atoms with Gasteiger partial charge in [-0.25, -0.2) is 0 Å². The highest BCUT2D eigenvalue weighted by molar-refractivity contribution is 5.45. The lowest BCUT2D eigenvalue weighted by molar-refractivity contribution is 0.170. The van der Waals surface area contributed by atoms with Crippen LogP contribution in [0.1, 0.15) is 19.4 Å². The fraction of sp³-hybridized carbons (Fsp3) is 0.500. The highest BCUT2D eigenvalue weighted by Crippen LogP contribution is 2.34. The number of aliphatic hydroxyl groups is 1. The Hall–Kier alpha value is -1.22. The van der Waals surface area contributed by atoms with E-state index in [0.717, 1.165) is 17.1 Å². The number of hydrogen-bond acceptors (Lipinski definition) is 3. The van der Waals surface area contributed by atoms with Gasteiger partial charge in [0, 0.05) is 5.41 Å². The summed E-state index contributed by atoms with van der Waals surface area (Å²) >= 11 is 0. The molecule has 0 saturated heterocycles. The van der Waals surface area contributed by atoms with Crippen molar-refractivity contribution in [1.29, 1.82) is 0 Å². The first-order chi connectivity index (χ1) is 7.13. The number of aliphatic hydroxyl groups excluding tert-OH is 1. The largest absolute Gasteiger partial charge is 0.486 e. The first-order valence-corrected chi connectivity index (χ1v) is 5.14. The zero-order valence-electron chi connectivity index (χ0n) is 9.12. The Kier molecular flexibility index (Phi) is 2.57. The van der Waals surface area contributed by atoms with Crippen molar-refractivity contribution in [2.24, 2.45) is 0 Å². The summed E-state index contributed by atoms with van der Waals surface area (Å²) < 4.78 is 10.9. The van der Waals surface area contributed by atoms with Crippen molar-refractivity contribution >= 4 is 0 Å². The molecule has 0 amide bonds. The molecule has 2 rings (SSSR count). The molecule has 0 unspecified atom stereocenters. The predicted octanol–water partition coefficient (Wildman–Crippen LogP) is 1.73. The third kappa shape index (κ3) is 1.92. The first kappa shape index (κ1) is 10.3. The smallest absolute Gasteiger partial charge is 0.161 e. The molecule has 0 aliphatic carbocycles. The van der Waals surface area contributed by atoms with Gasteiger partial charge in [0.2, 0.25) is 0 Å².